The molecule has 0 bridgehead atoms. The second-order valence-electron chi connectivity index (χ2n) is 3.02. The van der Waals surface area contributed by atoms with E-state index in [1.165, 1.54) is 0 Å². The highest BCUT2D eigenvalue weighted by molar-refractivity contribution is 9.10. The van der Waals surface area contributed by atoms with E-state index in [1.54, 1.807) is 13.0 Å². The molecule has 0 aromatic heterocycles. The quantitative estimate of drug-likeness (QED) is 0.819. The van der Waals surface area contributed by atoms with Crippen molar-refractivity contribution in [2.75, 3.05) is 6.54 Å². The molecule has 0 aliphatic heterocycles. The van der Waals surface area contributed by atoms with E-state index in [1.807, 2.05) is 19.1 Å². The highest BCUT2D eigenvalue weighted by Crippen LogP contribution is 2.19. The first-order chi connectivity index (χ1) is 7.16. The summed E-state index contributed by atoms with van der Waals surface area (Å²) >= 11 is 3.39. The molecule has 1 N–H and O–H groups in total. The summed E-state index contributed by atoms with van der Waals surface area (Å²) in [6.07, 6.45) is 0. The van der Waals surface area contributed by atoms with Crippen LogP contribution in [0.3, 0.4) is 0 Å². The van der Waals surface area contributed by atoms with Crippen molar-refractivity contribution in [2.45, 2.75) is 13.8 Å². The van der Waals surface area contributed by atoms with Gasteiger partial charge in [-0.05, 0) is 31.5 Å². The molecule has 1 aromatic carbocycles. The molecule has 2 nitrogen and oxygen atoms in total. The van der Waals surface area contributed by atoms with Crippen LogP contribution in [0.15, 0.2) is 22.7 Å². The molecule has 0 saturated carbocycles. The van der Waals surface area contributed by atoms with Crippen molar-refractivity contribution in [3.05, 3.63) is 33.8 Å². The van der Waals surface area contributed by atoms with Crippen LogP contribution in [0.4, 0.5) is 0 Å². The minimum atomic E-state index is -0.0865. The van der Waals surface area contributed by atoms with Gasteiger partial charge >= 0.3 is 0 Å². The fraction of sp³-hybridized carbons (Fsp3) is 0.250. The summed E-state index contributed by atoms with van der Waals surface area (Å²) in [6, 6.07) is 5.56. The Labute approximate surface area is 98.2 Å². The molecule has 0 fully saturated rings. The van der Waals surface area contributed by atoms with Gasteiger partial charge in [0.05, 0.1) is 6.54 Å². The number of carbonyl (C=O) groups is 1. The zero-order chi connectivity index (χ0) is 11.3. The second kappa shape index (κ2) is 5.57. The van der Waals surface area contributed by atoms with Crippen molar-refractivity contribution < 1.29 is 4.79 Å². The number of hydrogen-bond acceptors (Lipinski definition) is 1. The monoisotopic (exact) mass is 265 g/mol. The molecular weight excluding hydrogens is 254 g/mol. The minimum Gasteiger partial charge on any atom is -0.341 e. The van der Waals surface area contributed by atoms with E-state index in [0.29, 0.717) is 12.1 Å². The van der Waals surface area contributed by atoms with E-state index >= 15 is 0 Å². The first kappa shape index (κ1) is 11.8. The van der Waals surface area contributed by atoms with Crippen LogP contribution >= 0.6 is 15.9 Å². The molecule has 1 rings (SSSR count). The van der Waals surface area contributed by atoms with E-state index in [9.17, 15) is 4.79 Å². The Morgan fingerprint density at radius 3 is 2.93 bits per heavy atom. The van der Waals surface area contributed by atoms with E-state index in [2.05, 4.69) is 33.1 Å². The molecule has 0 unspecified atom stereocenters. The van der Waals surface area contributed by atoms with Crippen LogP contribution in [0.25, 0.3) is 0 Å². The van der Waals surface area contributed by atoms with Gasteiger partial charge in [-0.2, -0.15) is 0 Å². The van der Waals surface area contributed by atoms with Crippen LogP contribution < -0.4 is 5.32 Å². The molecular formula is C12H12BrNO. The maximum atomic E-state index is 11.7. The fourth-order valence-corrected chi connectivity index (χ4v) is 1.53. The zero-order valence-electron chi connectivity index (χ0n) is 8.73. The van der Waals surface area contributed by atoms with Crippen molar-refractivity contribution in [3.8, 4) is 11.8 Å². The number of rotatable bonds is 2. The fourth-order valence-electron chi connectivity index (χ4n) is 1.16. The lowest BCUT2D eigenvalue weighted by Gasteiger charge is -2.06. The first-order valence-corrected chi connectivity index (χ1v) is 5.39. The number of hydrogen-bond donors (Lipinski definition) is 1. The van der Waals surface area contributed by atoms with Gasteiger partial charge in [0.1, 0.15) is 0 Å². The van der Waals surface area contributed by atoms with E-state index < -0.39 is 0 Å². The lowest BCUT2D eigenvalue weighted by atomic mass is 10.1. The molecule has 0 atom stereocenters. The Kier molecular flexibility index (Phi) is 4.38. The van der Waals surface area contributed by atoms with Gasteiger partial charge in [0.15, 0.2) is 0 Å². The summed E-state index contributed by atoms with van der Waals surface area (Å²) in [7, 11) is 0. The maximum Gasteiger partial charge on any atom is 0.252 e. The molecule has 1 aromatic rings. The lowest BCUT2D eigenvalue weighted by Crippen LogP contribution is -2.24. The molecule has 78 valence electrons. The van der Waals surface area contributed by atoms with Crippen LogP contribution in [-0.2, 0) is 0 Å². The first-order valence-electron chi connectivity index (χ1n) is 4.59. The van der Waals surface area contributed by atoms with E-state index in [4.69, 9.17) is 0 Å². The Bertz CT molecular complexity index is 429. The van der Waals surface area contributed by atoms with Gasteiger partial charge in [0.2, 0.25) is 0 Å². The Morgan fingerprint density at radius 1 is 1.53 bits per heavy atom. The van der Waals surface area contributed by atoms with Gasteiger partial charge in [-0.1, -0.05) is 27.9 Å². The zero-order valence-corrected chi connectivity index (χ0v) is 10.3. The van der Waals surface area contributed by atoms with Gasteiger partial charge in [-0.25, -0.2) is 0 Å². The van der Waals surface area contributed by atoms with E-state index in [0.717, 1.165) is 10.0 Å². The van der Waals surface area contributed by atoms with Gasteiger partial charge in [0, 0.05) is 10.0 Å². The van der Waals surface area contributed by atoms with Gasteiger partial charge < -0.3 is 5.32 Å². The minimum absolute atomic E-state index is 0.0865. The van der Waals surface area contributed by atoms with Crippen LogP contribution in [0.2, 0.25) is 0 Å². The number of halogens is 1. The van der Waals surface area contributed by atoms with Gasteiger partial charge in [0.25, 0.3) is 5.91 Å². The largest absolute Gasteiger partial charge is 0.341 e. The molecule has 15 heavy (non-hydrogen) atoms. The van der Waals surface area contributed by atoms with Crippen molar-refractivity contribution in [3.63, 3.8) is 0 Å². The Hall–Kier alpha value is -1.27. The summed E-state index contributed by atoms with van der Waals surface area (Å²) in [5, 5.41) is 2.73. The maximum absolute atomic E-state index is 11.7. The summed E-state index contributed by atoms with van der Waals surface area (Å²) in [6.45, 7) is 4.04. The predicted molar refractivity (Wildman–Crippen MR) is 64.7 cm³/mol. The second-order valence-corrected chi connectivity index (χ2v) is 3.88. The van der Waals surface area contributed by atoms with E-state index in [-0.39, 0.29) is 5.91 Å². The third-order valence-electron chi connectivity index (χ3n) is 2.03. The van der Waals surface area contributed by atoms with Crippen LogP contribution in [0.5, 0.6) is 0 Å². The highest BCUT2D eigenvalue weighted by atomic mass is 79.9. The summed E-state index contributed by atoms with van der Waals surface area (Å²) in [5.41, 5.74) is 1.63. The summed E-state index contributed by atoms with van der Waals surface area (Å²) < 4.78 is 0.941. The molecule has 3 heteroatoms. The Morgan fingerprint density at radius 2 is 2.27 bits per heavy atom. The van der Waals surface area contributed by atoms with Crippen molar-refractivity contribution in [2.24, 2.45) is 0 Å². The molecule has 0 heterocycles. The third-order valence-corrected chi connectivity index (χ3v) is 2.89. The molecule has 0 spiro atoms. The predicted octanol–water partition coefficient (Wildman–Crippen LogP) is 2.51. The van der Waals surface area contributed by atoms with Crippen molar-refractivity contribution >= 4 is 21.8 Å². The standard InChI is InChI=1S/C12H12BrNO/c1-3-4-8-14-12(15)10-6-5-7-11(13)9(10)2/h5-7H,8H2,1-2H3,(H,14,15). The average molecular weight is 266 g/mol. The molecule has 0 radical (unpaired) electrons. The SMILES string of the molecule is CC#CCNC(=O)c1cccc(Br)c1C. The smallest absolute Gasteiger partial charge is 0.252 e. The number of nitrogens with one attached hydrogen (secondary N) is 1. The van der Waals surface area contributed by atoms with Gasteiger partial charge in [-0.15, -0.1) is 5.92 Å². The average Bonchev–Trinajstić information content (AvgIpc) is 2.22. The Balaban J connectivity index is 2.81. The van der Waals surface area contributed by atoms with Crippen molar-refractivity contribution in [1.82, 2.24) is 5.32 Å². The normalized spacial score (nSPS) is 9.00. The number of benzene rings is 1. The van der Waals surface area contributed by atoms with Crippen LogP contribution in [-0.4, -0.2) is 12.5 Å². The summed E-state index contributed by atoms with van der Waals surface area (Å²) in [4.78, 5) is 11.7. The molecule has 0 saturated heterocycles. The molecule has 1 amide bonds. The van der Waals surface area contributed by atoms with Crippen LogP contribution in [0, 0.1) is 18.8 Å². The summed E-state index contributed by atoms with van der Waals surface area (Å²) in [5.74, 6) is 5.43. The van der Waals surface area contributed by atoms with Crippen molar-refractivity contribution in [1.29, 1.82) is 0 Å². The van der Waals surface area contributed by atoms with Gasteiger partial charge in [-0.3, -0.25) is 4.79 Å². The number of carbonyl (C=O) groups excluding carboxylic acids is 1. The topological polar surface area (TPSA) is 29.1 Å². The number of amides is 1. The third kappa shape index (κ3) is 3.10. The lowest BCUT2D eigenvalue weighted by molar-refractivity contribution is 0.0958. The van der Waals surface area contributed by atoms with Crippen LogP contribution in [0.1, 0.15) is 22.8 Å². The molecule has 0 aliphatic carbocycles. The molecule has 0 aliphatic rings. The highest BCUT2D eigenvalue weighted by Gasteiger charge is 2.08.